The summed E-state index contributed by atoms with van der Waals surface area (Å²) in [5.41, 5.74) is 2.72. The minimum Gasteiger partial charge on any atom is -0.497 e. The van der Waals surface area contributed by atoms with Crippen LogP contribution >= 0.6 is 0 Å². The van der Waals surface area contributed by atoms with Crippen molar-refractivity contribution in [3.63, 3.8) is 0 Å². The van der Waals surface area contributed by atoms with Crippen LogP contribution in [0.15, 0.2) is 42.5 Å². The monoisotopic (exact) mass is 384 g/mol. The molecule has 0 heterocycles. The Hall–Kier alpha value is -2.89. The van der Waals surface area contributed by atoms with E-state index in [-0.39, 0.29) is 6.03 Å². The van der Waals surface area contributed by atoms with Gasteiger partial charge in [-0.3, -0.25) is 0 Å². The lowest BCUT2D eigenvalue weighted by Crippen LogP contribution is -2.39. The number of methoxy groups -OCH3 is 1. The summed E-state index contributed by atoms with van der Waals surface area (Å²) in [7, 11) is 1.62. The Kier molecular flexibility index (Phi) is 7.41. The number of hydrogen-bond acceptors (Lipinski definition) is 4. The van der Waals surface area contributed by atoms with Crippen molar-refractivity contribution in [1.29, 1.82) is 0 Å². The van der Waals surface area contributed by atoms with E-state index in [1.165, 1.54) is 24.0 Å². The van der Waals surface area contributed by atoms with Crippen LogP contribution in [-0.4, -0.2) is 39.4 Å². The van der Waals surface area contributed by atoms with Gasteiger partial charge in [-0.1, -0.05) is 12.1 Å². The summed E-state index contributed by atoms with van der Waals surface area (Å²) in [5, 5.41) is 5.57. The first kappa shape index (κ1) is 19.9. The van der Waals surface area contributed by atoms with Crippen LogP contribution in [0.4, 0.5) is 4.79 Å². The second kappa shape index (κ2) is 10.4. The third-order valence-electron chi connectivity index (χ3n) is 4.71. The number of nitrogens with one attached hydrogen (secondary N) is 2. The summed E-state index contributed by atoms with van der Waals surface area (Å²) < 4.78 is 16.5. The van der Waals surface area contributed by atoms with Gasteiger partial charge in [0, 0.05) is 0 Å². The van der Waals surface area contributed by atoms with Gasteiger partial charge in [0.1, 0.15) is 30.5 Å². The Labute approximate surface area is 166 Å². The van der Waals surface area contributed by atoms with Gasteiger partial charge in [0.15, 0.2) is 0 Å². The molecule has 6 nitrogen and oxygen atoms in total. The van der Waals surface area contributed by atoms with Gasteiger partial charge < -0.3 is 24.8 Å². The van der Waals surface area contributed by atoms with E-state index in [0.717, 1.165) is 30.1 Å². The third kappa shape index (κ3) is 5.81. The average molecular weight is 384 g/mol. The maximum absolute atomic E-state index is 11.8. The summed E-state index contributed by atoms with van der Waals surface area (Å²) in [6.07, 6.45) is 4.67. The molecule has 0 atom stereocenters. The van der Waals surface area contributed by atoms with Gasteiger partial charge in [-0.2, -0.15) is 0 Å². The molecule has 0 radical (unpaired) electrons. The quantitative estimate of drug-likeness (QED) is 0.651. The van der Waals surface area contributed by atoms with E-state index in [1.54, 1.807) is 7.11 Å². The van der Waals surface area contributed by atoms with E-state index in [0.29, 0.717) is 26.3 Å². The van der Waals surface area contributed by atoms with Crippen LogP contribution in [0.1, 0.15) is 24.0 Å². The van der Waals surface area contributed by atoms with Crippen LogP contribution < -0.4 is 24.8 Å². The minimum atomic E-state index is -0.225. The van der Waals surface area contributed by atoms with Crippen molar-refractivity contribution in [2.75, 3.05) is 33.4 Å². The van der Waals surface area contributed by atoms with Gasteiger partial charge in [-0.05, 0) is 67.1 Å². The fraction of sp³-hybridized carbons (Fsp3) is 0.409. The number of urea groups is 1. The van der Waals surface area contributed by atoms with Crippen molar-refractivity contribution in [1.82, 2.24) is 10.6 Å². The molecule has 0 aromatic heterocycles. The lowest BCUT2D eigenvalue weighted by atomic mass is 9.91. The lowest BCUT2D eigenvalue weighted by molar-refractivity contribution is 0.232. The first-order chi connectivity index (χ1) is 13.8. The first-order valence-corrected chi connectivity index (χ1v) is 9.78. The Morgan fingerprint density at radius 2 is 1.57 bits per heavy atom. The number of rotatable bonds is 9. The summed E-state index contributed by atoms with van der Waals surface area (Å²) in [6.45, 7) is 1.72. The van der Waals surface area contributed by atoms with Crippen LogP contribution in [0.25, 0.3) is 0 Å². The molecule has 0 aliphatic heterocycles. The summed E-state index contributed by atoms with van der Waals surface area (Å²) >= 11 is 0. The molecule has 150 valence electrons. The van der Waals surface area contributed by atoms with Gasteiger partial charge in [-0.25, -0.2) is 4.79 Å². The van der Waals surface area contributed by atoms with Crippen LogP contribution in [-0.2, 0) is 12.8 Å². The summed E-state index contributed by atoms with van der Waals surface area (Å²) in [6, 6.07) is 13.3. The molecule has 0 saturated carbocycles. The molecule has 0 fully saturated rings. The predicted molar refractivity (Wildman–Crippen MR) is 108 cm³/mol. The number of carbonyl (C=O) groups excluding carboxylic acids is 1. The smallest absolute Gasteiger partial charge is 0.315 e. The van der Waals surface area contributed by atoms with E-state index in [1.807, 2.05) is 36.4 Å². The molecule has 0 bridgehead atoms. The minimum absolute atomic E-state index is 0.225. The average Bonchev–Trinajstić information content (AvgIpc) is 2.75. The van der Waals surface area contributed by atoms with Gasteiger partial charge in [0.2, 0.25) is 0 Å². The number of ether oxygens (including phenoxy) is 3. The Bertz CT molecular complexity index is 762. The highest BCUT2D eigenvalue weighted by Gasteiger charge is 2.13. The normalized spacial score (nSPS) is 12.6. The molecule has 3 rings (SSSR count). The molecule has 2 N–H and O–H groups in total. The van der Waals surface area contributed by atoms with Gasteiger partial charge >= 0.3 is 6.03 Å². The predicted octanol–water partition coefficient (Wildman–Crippen LogP) is 3.33. The Morgan fingerprint density at radius 1 is 0.893 bits per heavy atom. The molecule has 0 spiro atoms. The van der Waals surface area contributed by atoms with Crippen molar-refractivity contribution in [3.05, 3.63) is 53.6 Å². The van der Waals surface area contributed by atoms with E-state index >= 15 is 0 Å². The van der Waals surface area contributed by atoms with Crippen LogP contribution in [0.5, 0.6) is 17.2 Å². The van der Waals surface area contributed by atoms with Crippen molar-refractivity contribution in [2.45, 2.75) is 25.7 Å². The van der Waals surface area contributed by atoms with Crippen LogP contribution in [0.3, 0.4) is 0 Å². The fourth-order valence-electron chi connectivity index (χ4n) is 3.27. The number of fused-ring (bicyclic) bond motifs is 1. The van der Waals surface area contributed by atoms with Crippen LogP contribution in [0.2, 0.25) is 0 Å². The molecular formula is C22H28N2O4. The lowest BCUT2D eigenvalue weighted by Gasteiger charge is -2.19. The molecular weight excluding hydrogens is 356 g/mol. The topological polar surface area (TPSA) is 68.8 Å². The van der Waals surface area contributed by atoms with E-state index in [9.17, 15) is 4.79 Å². The molecule has 2 aromatic rings. The van der Waals surface area contributed by atoms with E-state index in [2.05, 4.69) is 16.7 Å². The third-order valence-corrected chi connectivity index (χ3v) is 4.71. The molecule has 2 aromatic carbocycles. The summed E-state index contributed by atoms with van der Waals surface area (Å²) in [4.78, 5) is 11.8. The zero-order chi connectivity index (χ0) is 19.6. The zero-order valence-electron chi connectivity index (χ0n) is 16.3. The van der Waals surface area contributed by atoms with Crippen molar-refractivity contribution in [3.8, 4) is 17.2 Å². The van der Waals surface area contributed by atoms with Crippen LogP contribution in [0, 0.1) is 0 Å². The highest BCUT2D eigenvalue weighted by molar-refractivity contribution is 5.73. The maximum Gasteiger partial charge on any atom is 0.315 e. The molecule has 2 amide bonds. The molecule has 0 unspecified atom stereocenters. The van der Waals surface area contributed by atoms with Gasteiger partial charge in [0.25, 0.3) is 0 Å². The summed E-state index contributed by atoms with van der Waals surface area (Å²) in [5.74, 6) is 2.47. The molecule has 1 aliphatic carbocycles. The second-order valence-corrected chi connectivity index (χ2v) is 6.66. The van der Waals surface area contributed by atoms with Gasteiger partial charge in [0.05, 0.1) is 20.2 Å². The van der Waals surface area contributed by atoms with E-state index < -0.39 is 0 Å². The number of amides is 2. The number of carbonyl (C=O) groups is 1. The highest BCUT2D eigenvalue weighted by Crippen LogP contribution is 2.29. The largest absolute Gasteiger partial charge is 0.497 e. The zero-order valence-corrected chi connectivity index (χ0v) is 16.3. The number of hydrogen-bond donors (Lipinski definition) is 2. The highest BCUT2D eigenvalue weighted by atomic mass is 16.5. The van der Waals surface area contributed by atoms with Crippen molar-refractivity contribution in [2.24, 2.45) is 0 Å². The first-order valence-electron chi connectivity index (χ1n) is 9.78. The SMILES string of the molecule is COc1ccc(OCCNC(=O)NCCOc2cccc3c2CCCC3)cc1. The molecule has 0 saturated heterocycles. The Balaban J connectivity index is 1.29. The molecule has 6 heteroatoms. The van der Waals surface area contributed by atoms with Crippen molar-refractivity contribution >= 4 is 6.03 Å². The molecule has 28 heavy (non-hydrogen) atoms. The van der Waals surface area contributed by atoms with Gasteiger partial charge in [-0.15, -0.1) is 0 Å². The molecule has 1 aliphatic rings. The Morgan fingerprint density at radius 3 is 2.32 bits per heavy atom. The van der Waals surface area contributed by atoms with Crippen molar-refractivity contribution < 1.29 is 19.0 Å². The fourth-order valence-corrected chi connectivity index (χ4v) is 3.27. The second-order valence-electron chi connectivity index (χ2n) is 6.66. The van der Waals surface area contributed by atoms with E-state index in [4.69, 9.17) is 14.2 Å². The standard InChI is InChI=1S/C22H28N2O4/c1-26-18-9-11-19(12-10-18)27-15-13-23-22(25)24-14-16-28-21-8-4-6-17-5-2-3-7-20(17)21/h4,6,8-12H,2-3,5,7,13-16H2,1H3,(H2,23,24,25). The number of benzene rings is 2. The maximum atomic E-state index is 11.8. The number of aryl methyl sites for hydroxylation is 1.